The average molecular weight is 325 g/mol. The second-order valence-corrected chi connectivity index (χ2v) is 6.77. The van der Waals surface area contributed by atoms with Crippen LogP contribution in [0, 0.1) is 20.8 Å². The van der Waals surface area contributed by atoms with Crippen molar-refractivity contribution in [1.29, 1.82) is 0 Å². The topological polar surface area (TPSA) is 38.3 Å². The summed E-state index contributed by atoms with van der Waals surface area (Å²) in [7, 11) is 0. The summed E-state index contributed by atoms with van der Waals surface area (Å²) in [6.45, 7) is 12.1. The van der Waals surface area contributed by atoms with Gasteiger partial charge in [0.15, 0.2) is 6.10 Å². The standard InChI is InChI=1S/C21H27NO2/c1-13(2)19-9-7-8-16(5)20(19)22-21(23)17(6)24-18-11-14(3)10-15(4)12-18/h7-13,17H,1-6H3,(H,22,23)/t17-/m0/s1. The van der Waals surface area contributed by atoms with E-state index in [-0.39, 0.29) is 5.91 Å². The lowest BCUT2D eigenvalue weighted by Crippen LogP contribution is -2.31. The molecule has 0 heterocycles. The minimum absolute atomic E-state index is 0.134. The molecule has 1 amide bonds. The summed E-state index contributed by atoms with van der Waals surface area (Å²) in [5.74, 6) is 0.935. The van der Waals surface area contributed by atoms with Crippen LogP contribution < -0.4 is 10.1 Å². The molecule has 24 heavy (non-hydrogen) atoms. The van der Waals surface area contributed by atoms with E-state index < -0.39 is 6.10 Å². The Kier molecular flexibility index (Phi) is 5.66. The lowest BCUT2D eigenvalue weighted by Gasteiger charge is -2.20. The third kappa shape index (κ3) is 4.38. The Bertz CT molecular complexity index is 714. The summed E-state index contributed by atoms with van der Waals surface area (Å²) in [5.41, 5.74) is 5.35. The van der Waals surface area contributed by atoms with Gasteiger partial charge in [-0.15, -0.1) is 0 Å². The summed E-state index contributed by atoms with van der Waals surface area (Å²) in [5, 5.41) is 3.05. The summed E-state index contributed by atoms with van der Waals surface area (Å²) in [6, 6.07) is 12.1. The molecule has 2 aromatic rings. The highest BCUT2D eigenvalue weighted by atomic mass is 16.5. The van der Waals surface area contributed by atoms with Crippen LogP contribution in [0.3, 0.4) is 0 Å². The number of benzene rings is 2. The first-order chi connectivity index (χ1) is 11.3. The van der Waals surface area contributed by atoms with Crippen LogP contribution in [0.5, 0.6) is 5.75 Å². The van der Waals surface area contributed by atoms with Gasteiger partial charge >= 0.3 is 0 Å². The zero-order valence-electron chi connectivity index (χ0n) is 15.4. The van der Waals surface area contributed by atoms with Crippen molar-refractivity contribution in [3.8, 4) is 5.75 Å². The van der Waals surface area contributed by atoms with Gasteiger partial charge in [0.1, 0.15) is 5.75 Å². The van der Waals surface area contributed by atoms with Gasteiger partial charge in [0.25, 0.3) is 5.91 Å². The SMILES string of the molecule is Cc1cc(C)cc(O[C@@H](C)C(=O)Nc2c(C)cccc2C(C)C)c1. The van der Waals surface area contributed by atoms with E-state index in [0.29, 0.717) is 5.92 Å². The molecule has 1 N–H and O–H groups in total. The molecule has 0 unspecified atom stereocenters. The zero-order valence-corrected chi connectivity index (χ0v) is 15.4. The van der Waals surface area contributed by atoms with Crippen LogP contribution in [-0.4, -0.2) is 12.0 Å². The molecule has 0 bridgehead atoms. The van der Waals surface area contributed by atoms with Crippen LogP contribution in [-0.2, 0) is 4.79 Å². The van der Waals surface area contributed by atoms with Crippen LogP contribution >= 0.6 is 0 Å². The summed E-state index contributed by atoms with van der Waals surface area (Å²) >= 11 is 0. The Morgan fingerprint density at radius 1 is 1.00 bits per heavy atom. The third-order valence-electron chi connectivity index (χ3n) is 4.05. The highest BCUT2D eigenvalue weighted by Crippen LogP contribution is 2.27. The summed E-state index contributed by atoms with van der Waals surface area (Å²) in [6.07, 6.45) is -0.564. The van der Waals surface area contributed by atoms with Crippen molar-refractivity contribution in [3.63, 3.8) is 0 Å². The smallest absolute Gasteiger partial charge is 0.265 e. The molecule has 0 aromatic heterocycles. The lowest BCUT2D eigenvalue weighted by molar-refractivity contribution is -0.122. The van der Waals surface area contributed by atoms with Gasteiger partial charge in [-0.3, -0.25) is 4.79 Å². The number of carbonyl (C=O) groups excluding carboxylic acids is 1. The predicted octanol–water partition coefficient (Wildman–Crippen LogP) is 5.14. The first kappa shape index (κ1) is 18.1. The molecule has 0 aliphatic carbocycles. The van der Waals surface area contributed by atoms with Gasteiger partial charge in [-0.05, 0) is 68.0 Å². The van der Waals surface area contributed by atoms with Gasteiger partial charge in [-0.25, -0.2) is 0 Å². The Morgan fingerprint density at radius 2 is 1.62 bits per heavy atom. The van der Waals surface area contributed by atoms with Crippen molar-refractivity contribution in [2.24, 2.45) is 0 Å². The number of hydrogen-bond acceptors (Lipinski definition) is 2. The van der Waals surface area contributed by atoms with Crippen molar-refractivity contribution in [2.45, 2.75) is 53.6 Å². The van der Waals surface area contributed by atoms with Crippen molar-refractivity contribution in [2.75, 3.05) is 5.32 Å². The van der Waals surface area contributed by atoms with Gasteiger partial charge in [-0.2, -0.15) is 0 Å². The van der Waals surface area contributed by atoms with E-state index in [1.54, 1.807) is 6.92 Å². The summed E-state index contributed by atoms with van der Waals surface area (Å²) < 4.78 is 5.84. The predicted molar refractivity (Wildman–Crippen MR) is 99.9 cm³/mol. The quantitative estimate of drug-likeness (QED) is 0.826. The molecule has 2 rings (SSSR count). The van der Waals surface area contributed by atoms with Crippen LogP contribution in [0.15, 0.2) is 36.4 Å². The van der Waals surface area contributed by atoms with Crippen LogP contribution in [0.2, 0.25) is 0 Å². The van der Waals surface area contributed by atoms with E-state index in [9.17, 15) is 4.79 Å². The number of carbonyl (C=O) groups is 1. The second-order valence-electron chi connectivity index (χ2n) is 6.77. The van der Waals surface area contributed by atoms with E-state index in [4.69, 9.17) is 4.74 Å². The molecule has 0 radical (unpaired) electrons. The molecule has 1 atom stereocenters. The normalized spacial score (nSPS) is 12.1. The zero-order chi connectivity index (χ0) is 17.9. The molecule has 0 aliphatic rings. The highest BCUT2D eigenvalue weighted by Gasteiger charge is 2.18. The first-order valence-corrected chi connectivity index (χ1v) is 8.43. The molecule has 0 aliphatic heterocycles. The Labute approximate surface area is 145 Å². The van der Waals surface area contributed by atoms with Crippen molar-refractivity contribution < 1.29 is 9.53 Å². The van der Waals surface area contributed by atoms with E-state index in [1.165, 1.54) is 0 Å². The maximum atomic E-state index is 12.6. The number of amides is 1. The van der Waals surface area contributed by atoms with Crippen LogP contribution in [0.1, 0.15) is 48.9 Å². The number of aryl methyl sites for hydroxylation is 3. The second kappa shape index (κ2) is 7.52. The third-order valence-corrected chi connectivity index (χ3v) is 4.05. The fraction of sp³-hybridized carbons (Fsp3) is 0.381. The minimum Gasteiger partial charge on any atom is -0.481 e. The van der Waals surface area contributed by atoms with Gasteiger partial charge in [0.05, 0.1) is 0 Å². The number of rotatable bonds is 5. The molecule has 0 spiro atoms. The maximum Gasteiger partial charge on any atom is 0.265 e. The van der Waals surface area contributed by atoms with Gasteiger partial charge in [0, 0.05) is 5.69 Å². The van der Waals surface area contributed by atoms with E-state index in [0.717, 1.165) is 33.7 Å². The Morgan fingerprint density at radius 3 is 2.21 bits per heavy atom. The molecular formula is C21H27NO2. The maximum absolute atomic E-state index is 12.6. The fourth-order valence-corrected chi connectivity index (χ4v) is 2.83. The molecule has 2 aromatic carbocycles. The van der Waals surface area contributed by atoms with Gasteiger partial charge < -0.3 is 10.1 Å². The summed E-state index contributed by atoms with van der Waals surface area (Å²) in [4.78, 5) is 12.6. The van der Waals surface area contributed by atoms with Crippen LogP contribution in [0.4, 0.5) is 5.69 Å². The minimum atomic E-state index is -0.564. The molecule has 0 saturated carbocycles. The Balaban J connectivity index is 2.15. The lowest BCUT2D eigenvalue weighted by atomic mass is 9.98. The average Bonchev–Trinajstić information content (AvgIpc) is 2.47. The number of para-hydroxylation sites is 1. The molecule has 3 heteroatoms. The van der Waals surface area contributed by atoms with Crippen molar-refractivity contribution >= 4 is 11.6 Å². The number of nitrogens with one attached hydrogen (secondary N) is 1. The monoisotopic (exact) mass is 325 g/mol. The van der Waals surface area contributed by atoms with Crippen LogP contribution in [0.25, 0.3) is 0 Å². The van der Waals surface area contributed by atoms with Gasteiger partial charge in [-0.1, -0.05) is 38.1 Å². The molecule has 0 fully saturated rings. The van der Waals surface area contributed by atoms with E-state index in [1.807, 2.05) is 45.0 Å². The van der Waals surface area contributed by atoms with E-state index in [2.05, 4.69) is 31.3 Å². The molecular weight excluding hydrogens is 298 g/mol. The fourth-order valence-electron chi connectivity index (χ4n) is 2.83. The first-order valence-electron chi connectivity index (χ1n) is 8.43. The largest absolute Gasteiger partial charge is 0.481 e. The number of ether oxygens (including phenoxy) is 1. The van der Waals surface area contributed by atoms with Gasteiger partial charge in [0.2, 0.25) is 0 Å². The number of hydrogen-bond donors (Lipinski definition) is 1. The molecule has 3 nitrogen and oxygen atoms in total. The highest BCUT2D eigenvalue weighted by molar-refractivity contribution is 5.95. The number of anilines is 1. The van der Waals surface area contributed by atoms with E-state index >= 15 is 0 Å². The van der Waals surface area contributed by atoms with Crippen molar-refractivity contribution in [1.82, 2.24) is 0 Å². The molecule has 128 valence electrons. The van der Waals surface area contributed by atoms with Crippen molar-refractivity contribution in [3.05, 3.63) is 58.7 Å². The molecule has 0 saturated heterocycles. The Hall–Kier alpha value is -2.29.